The van der Waals surface area contributed by atoms with E-state index >= 15 is 0 Å². The molecule has 0 aliphatic carbocycles. The summed E-state index contributed by atoms with van der Waals surface area (Å²) in [4.78, 5) is 0. The minimum absolute atomic E-state index is 0.432. The van der Waals surface area contributed by atoms with Crippen molar-refractivity contribution in [3.63, 3.8) is 0 Å². The van der Waals surface area contributed by atoms with Crippen LogP contribution >= 0.6 is 0 Å². The standard InChI is InChI=1S/C7H12O/c1-3-4-7(2)5-8-6-7/h3H,1,4-6H2,2H3. The first-order chi connectivity index (χ1) is 3.77. The summed E-state index contributed by atoms with van der Waals surface area (Å²) < 4.78 is 5.04. The minimum Gasteiger partial charge on any atom is -0.380 e. The molecule has 1 fully saturated rings. The molecule has 46 valence electrons. The van der Waals surface area contributed by atoms with Gasteiger partial charge in [0.25, 0.3) is 0 Å². The monoisotopic (exact) mass is 112 g/mol. The molecule has 1 nitrogen and oxygen atoms in total. The van der Waals surface area contributed by atoms with E-state index in [1.807, 2.05) is 6.08 Å². The number of rotatable bonds is 2. The lowest BCUT2D eigenvalue weighted by molar-refractivity contribution is -0.0988. The van der Waals surface area contributed by atoms with Crippen molar-refractivity contribution in [1.29, 1.82) is 0 Å². The van der Waals surface area contributed by atoms with Crippen LogP contribution in [0.1, 0.15) is 13.3 Å². The fourth-order valence-corrected chi connectivity index (χ4v) is 0.917. The molecule has 0 bridgehead atoms. The van der Waals surface area contributed by atoms with E-state index in [9.17, 15) is 0 Å². The maximum absolute atomic E-state index is 5.04. The second-order valence-corrected chi connectivity index (χ2v) is 2.80. The summed E-state index contributed by atoms with van der Waals surface area (Å²) >= 11 is 0. The quantitative estimate of drug-likeness (QED) is 0.493. The van der Waals surface area contributed by atoms with Crippen LogP contribution in [0.2, 0.25) is 0 Å². The van der Waals surface area contributed by atoms with E-state index in [4.69, 9.17) is 4.74 Å². The summed E-state index contributed by atoms with van der Waals surface area (Å²) in [6, 6.07) is 0. The van der Waals surface area contributed by atoms with Gasteiger partial charge in [-0.15, -0.1) is 6.58 Å². The molecule has 0 atom stereocenters. The van der Waals surface area contributed by atoms with Crippen LogP contribution in [-0.2, 0) is 4.74 Å². The highest BCUT2D eigenvalue weighted by Gasteiger charge is 2.31. The van der Waals surface area contributed by atoms with Gasteiger partial charge in [-0.25, -0.2) is 0 Å². The van der Waals surface area contributed by atoms with Crippen molar-refractivity contribution in [1.82, 2.24) is 0 Å². The highest BCUT2D eigenvalue weighted by atomic mass is 16.5. The van der Waals surface area contributed by atoms with Crippen LogP contribution in [-0.4, -0.2) is 13.2 Å². The van der Waals surface area contributed by atoms with Gasteiger partial charge in [-0.1, -0.05) is 13.0 Å². The SMILES string of the molecule is C=CCC1(C)COC1. The molecule has 0 aromatic heterocycles. The average Bonchev–Trinajstić information content (AvgIpc) is 1.64. The van der Waals surface area contributed by atoms with Gasteiger partial charge in [0.05, 0.1) is 13.2 Å². The fraction of sp³-hybridized carbons (Fsp3) is 0.714. The summed E-state index contributed by atoms with van der Waals surface area (Å²) in [5.74, 6) is 0. The predicted molar refractivity (Wildman–Crippen MR) is 33.7 cm³/mol. The Kier molecular flexibility index (Phi) is 1.39. The summed E-state index contributed by atoms with van der Waals surface area (Å²) in [6.07, 6.45) is 3.05. The van der Waals surface area contributed by atoms with Gasteiger partial charge >= 0.3 is 0 Å². The van der Waals surface area contributed by atoms with Crippen LogP contribution < -0.4 is 0 Å². The van der Waals surface area contributed by atoms with Crippen molar-refractivity contribution in [2.75, 3.05) is 13.2 Å². The molecule has 1 aliphatic heterocycles. The summed E-state index contributed by atoms with van der Waals surface area (Å²) in [5, 5.41) is 0. The van der Waals surface area contributed by atoms with Crippen molar-refractivity contribution in [3.8, 4) is 0 Å². The third-order valence-electron chi connectivity index (χ3n) is 1.54. The average molecular weight is 112 g/mol. The molecule has 0 N–H and O–H groups in total. The van der Waals surface area contributed by atoms with Crippen molar-refractivity contribution in [2.45, 2.75) is 13.3 Å². The molecule has 0 amide bonds. The molecular weight excluding hydrogens is 100 g/mol. The molecule has 0 aromatic carbocycles. The molecule has 0 saturated carbocycles. The van der Waals surface area contributed by atoms with Crippen LogP contribution in [0, 0.1) is 5.41 Å². The molecule has 0 spiro atoms. The topological polar surface area (TPSA) is 9.23 Å². The highest BCUT2D eigenvalue weighted by Crippen LogP contribution is 2.30. The first-order valence-corrected chi connectivity index (χ1v) is 2.95. The Labute approximate surface area is 50.3 Å². The molecule has 0 unspecified atom stereocenters. The number of allylic oxidation sites excluding steroid dienone is 1. The number of ether oxygens (including phenoxy) is 1. The molecule has 8 heavy (non-hydrogen) atoms. The van der Waals surface area contributed by atoms with E-state index < -0.39 is 0 Å². The molecule has 1 rings (SSSR count). The summed E-state index contributed by atoms with van der Waals surface area (Å²) in [6.45, 7) is 7.72. The highest BCUT2D eigenvalue weighted by molar-refractivity contribution is 4.87. The molecule has 0 radical (unpaired) electrons. The van der Waals surface area contributed by atoms with Gasteiger partial charge in [0, 0.05) is 5.41 Å². The maximum Gasteiger partial charge on any atom is 0.0545 e. The van der Waals surface area contributed by atoms with E-state index in [0.29, 0.717) is 5.41 Å². The van der Waals surface area contributed by atoms with E-state index in [1.54, 1.807) is 0 Å². The molecule has 1 heterocycles. The van der Waals surface area contributed by atoms with Crippen LogP contribution in [0.4, 0.5) is 0 Å². The van der Waals surface area contributed by atoms with Crippen molar-refractivity contribution >= 4 is 0 Å². The summed E-state index contributed by atoms with van der Waals surface area (Å²) in [5.41, 5.74) is 0.432. The lowest BCUT2D eigenvalue weighted by Gasteiger charge is -2.37. The first-order valence-electron chi connectivity index (χ1n) is 2.95. The molecule has 1 saturated heterocycles. The van der Waals surface area contributed by atoms with E-state index in [-0.39, 0.29) is 0 Å². The van der Waals surface area contributed by atoms with Crippen LogP contribution in [0.3, 0.4) is 0 Å². The second kappa shape index (κ2) is 1.90. The Morgan fingerprint density at radius 1 is 1.75 bits per heavy atom. The summed E-state index contributed by atoms with van der Waals surface area (Å²) in [7, 11) is 0. The minimum atomic E-state index is 0.432. The zero-order valence-electron chi connectivity index (χ0n) is 5.31. The van der Waals surface area contributed by atoms with E-state index in [0.717, 1.165) is 19.6 Å². The van der Waals surface area contributed by atoms with Gasteiger partial charge < -0.3 is 4.74 Å². The zero-order valence-corrected chi connectivity index (χ0v) is 5.31. The van der Waals surface area contributed by atoms with Crippen LogP contribution in [0.5, 0.6) is 0 Å². The van der Waals surface area contributed by atoms with Crippen LogP contribution in [0.25, 0.3) is 0 Å². The zero-order chi connectivity index (χ0) is 6.04. The Hall–Kier alpha value is -0.300. The van der Waals surface area contributed by atoms with Gasteiger partial charge in [0.2, 0.25) is 0 Å². The molecule has 1 aliphatic rings. The van der Waals surface area contributed by atoms with E-state index in [2.05, 4.69) is 13.5 Å². The van der Waals surface area contributed by atoms with Gasteiger partial charge in [-0.2, -0.15) is 0 Å². The molecular formula is C7H12O. The number of hydrogen-bond donors (Lipinski definition) is 0. The van der Waals surface area contributed by atoms with Gasteiger partial charge in [0.15, 0.2) is 0 Å². The Morgan fingerprint density at radius 3 is 2.50 bits per heavy atom. The smallest absolute Gasteiger partial charge is 0.0545 e. The Morgan fingerprint density at radius 2 is 2.38 bits per heavy atom. The van der Waals surface area contributed by atoms with Crippen molar-refractivity contribution < 1.29 is 4.74 Å². The number of hydrogen-bond acceptors (Lipinski definition) is 1. The van der Waals surface area contributed by atoms with Crippen LogP contribution in [0.15, 0.2) is 12.7 Å². The van der Waals surface area contributed by atoms with Gasteiger partial charge in [0.1, 0.15) is 0 Å². The van der Waals surface area contributed by atoms with E-state index in [1.165, 1.54) is 0 Å². The second-order valence-electron chi connectivity index (χ2n) is 2.80. The largest absolute Gasteiger partial charge is 0.380 e. The van der Waals surface area contributed by atoms with Gasteiger partial charge in [-0.05, 0) is 6.42 Å². The van der Waals surface area contributed by atoms with Gasteiger partial charge in [-0.3, -0.25) is 0 Å². The van der Waals surface area contributed by atoms with Crippen molar-refractivity contribution in [3.05, 3.63) is 12.7 Å². The fourth-order valence-electron chi connectivity index (χ4n) is 0.917. The Balaban J connectivity index is 2.29. The normalized spacial score (nSPS) is 24.1. The molecule has 0 aromatic rings. The lowest BCUT2D eigenvalue weighted by Crippen LogP contribution is -2.38. The lowest BCUT2D eigenvalue weighted by atomic mass is 9.85. The molecule has 1 heteroatoms. The predicted octanol–water partition coefficient (Wildman–Crippen LogP) is 1.60. The third kappa shape index (κ3) is 0.920. The third-order valence-corrected chi connectivity index (χ3v) is 1.54. The first kappa shape index (κ1) is 5.83. The van der Waals surface area contributed by atoms with Crippen molar-refractivity contribution in [2.24, 2.45) is 5.41 Å². The Bertz CT molecular complexity index is 92.6. The maximum atomic E-state index is 5.04.